The second-order valence-corrected chi connectivity index (χ2v) is 14.6. The van der Waals surface area contributed by atoms with E-state index in [1.807, 2.05) is 74.8 Å². The molecule has 6 rings (SSSR count). The third-order valence-corrected chi connectivity index (χ3v) is 10.9. The van der Waals surface area contributed by atoms with Gasteiger partial charge in [-0.1, -0.05) is 72.8 Å². The van der Waals surface area contributed by atoms with Crippen molar-refractivity contribution in [2.24, 2.45) is 0 Å². The number of hydrogen-bond acceptors (Lipinski definition) is 10. The number of fused-ring (bicyclic) bond motifs is 1. The fraction of sp³-hybridized carbons (Fsp3) is 0.255. The van der Waals surface area contributed by atoms with Gasteiger partial charge in [0.2, 0.25) is 0 Å². The molecule has 61 heavy (non-hydrogen) atoms. The van der Waals surface area contributed by atoms with Crippen molar-refractivity contribution < 1.29 is 28.5 Å². The minimum Gasteiger partial charge on any atom is -0.492 e. The van der Waals surface area contributed by atoms with Gasteiger partial charge in [-0.3, -0.25) is 0 Å². The molecule has 0 radical (unpaired) electrons. The van der Waals surface area contributed by atoms with Crippen LogP contribution in [0.25, 0.3) is 12.2 Å². The molecule has 0 atom stereocenters. The molecule has 0 fully saturated rings. The summed E-state index contributed by atoms with van der Waals surface area (Å²) in [6.45, 7) is 6.11. The Hall–Kier alpha value is -7.30. The lowest BCUT2D eigenvalue weighted by Gasteiger charge is -2.32. The molecule has 0 aliphatic heterocycles. The Bertz CT molecular complexity index is 2280. The normalized spacial score (nSPS) is 14.5. The van der Waals surface area contributed by atoms with Gasteiger partial charge < -0.3 is 28.7 Å². The first-order chi connectivity index (χ1) is 29.7. The first-order valence-electron chi connectivity index (χ1n) is 20.4. The van der Waals surface area contributed by atoms with Crippen LogP contribution in [0.4, 0.5) is 11.4 Å². The number of hydrogen-bond donors (Lipinski definition) is 0. The molecule has 5 aromatic rings. The summed E-state index contributed by atoms with van der Waals surface area (Å²) in [5.74, 6) is 0.344. The number of esters is 2. The third-order valence-electron chi connectivity index (χ3n) is 10.9. The van der Waals surface area contributed by atoms with E-state index < -0.39 is 11.9 Å². The van der Waals surface area contributed by atoms with Crippen LogP contribution >= 0.6 is 0 Å². The van der Waals surface area contributed by atoms with Crippen LogP contribution in [0.15, 0.2) is 132 Å². The molecule has 310 valence electrons. The summed E-state index contributed by atoms with van der Waals surface area (Å²) in [6, 6.07) is 44.8. The molecule has 5 aromatic carbocycles. The Balaban J connectivity index is 1.06. The maximum atomic E-state index is 12.0. The summed E-state index contributed by atoms with van der Waals surface area (Å²) in [7, 11) is 3.99. The monoisotopic (exact) mass is 814 g/mol. The van der Waals surface area contributed by atoms with E-state index in [1.54, 1.807) is 13.8 Å². The highest BCUT2D eigenvalue weighted by Gasteiger charge is 2.41. The van der Waals surface area contributed by atoms with Crippen molar-refractivity contribution >= 4 is 35.5 Å². The fourth-order valence-electron chi connectivity index (χ4n) is 7.58. The van der Waals surface area contributed by atoms with E-state index in [0.29, 0.717) is 26.3 Å². The Labute approximate surface area is 358 Å². The summed E-state index contributed by atoms with van der Waals surface area (Å²) in [6.07, 6.45) is 5.00. The molecular weight excluding hydrogens is 765 g/mol. The van der Waals surface area contributed by atoms with Crippen molar-refractivity contribution in [2.75, 3.05) is 63.4 Å². The first-order valence-corrected chi connectivity index (χ1v) is 20.4. The SMILES string of the molecule is CCOC(=O)/C(C#N)=C/c1ccc(N(C)CCOc2ccc(C3(c4ccc(OCCN(C)c5ccc(/C=C(\C#N)C(=O)OCC)cc5)cc4)CCc4ccccc43)cc2)cc1. The van der Waals surface area contributed by atoms with E-state index in [0.717, 1.165) is 46.8 Å². The van der Waals surface area contributed by atoms with Gasteiger partial charge >= 0.3 is 11.9 Å². The van der Waals surface area contributed by atoms with Crippen molar-refractivity contribution in [2.45, 2.75) is 32.1 Å². The number of nitrogens with zero attached hydrogens (tertiary/aromatic N) is 4. The van der Waals surface area contributed by atoms with Crippen LogP contribution in [0, 0.1) is 22.7 Å². The minimum atomic E-state index is -0.625. The zero-order valence-electron chi connectivity index (χ0n) is 35.1. The van der Waals surface area contributed by atoms with E-state index in [1.165, 1.54) is 34.4 Å². The number of carbonyl (C=O) groups excluding carboxylic acids is 2. The fourth-order valence-corrected chi connectivity index (χ4v) is 7.58. The number of carbonyl (C=O) groups is 2. The Morgan fingerprint density at radius 1 is 0.623 bits per heavy atom. The molecule has 0 saturated carbocycles. The van der Waals surface area contributed by atoms with E-state index in [4.69, 9.17) is 18.9 Å². The van der Waals surface area contributed by atoms with E-state index in [-0.39, 0.29) is 29.8 Å². The molecule has 10 nitrogen and oxygen atoms in total. The molecule has 0 unspecified atom stereocenters. The predicted octanol–water partition coefficient (Wildman–Crippen LogP) is 8.94. The summed E-state index contributed by atoms with van der Waals surface area (Å²) in [5.41, 5.74) is 8.16. The quantitative estimate of drug-likeness (QED) is 0.0481. The minimum absolute atomic E-state index is 0.0343. The van der Waals surface area contributed by atoms with Crippen LogP contribution in [0.5, 0.6) is 11.5 Å². The zero-order chi connectivity index (χ0) is 43.2. The first kappa shape index (κ1) is 43.3. The summed E-state index contributed by atoms with van der Waals surface area (Å²) in [4.78, 5) is 28.2. The molecular formula is C51H50N4O6. The highest BCUT2D eigenvalue weighted by molar-refractivity contribution is 5.98. The molecule has 1 aliphatic rings. The Morgan fingerprint density at radius 3 is 1.46 bits per heavy atom. The zero-order valence-corrected chi connectivity index (χ0v) is 35.1. The third kappa shape index (κ3) is 10.5. The van der Waals surface area contributed by atoms with Gasteiger partial charge in [-0.2, -0.15) is 10.5 Å². The maximum Gasteiger partial charge on any atom is 0.348 e. The van der Waals surface area contributed by atoms with Crippen molar-refractivity contribution in [3.63, 3.8) is 0 Å². The Kier molecular flexibility index (Phi) is 14.6. The molecule has 0 N–H and O–H groups in total. The number of nitriles is 2. The van der Waals surface area contributed by atoms with Gasteiger partial charge in [-0.15, -0.1) is 0 Å². The maximum absolute atomic E-state index is 12.0. The van der Waals surface area contributed by atoms with Crippen molar-refractivity contribution in [1.29, 1.82) is 10.5 Å². The second-order valence-electron chi connectivity index (χ2n) is 14.6. The van der Waals surface area contributed by atoms with Gasteiger partial charge in [0, 0.05) is 30.9 Å². The van der Waals surface area contributed by atoms with Gasteiger partial charge in [0.05, 0.1) is 26.3 Å². The van der Waals surface area contributed by atoms with E-state index >= 15 is 0 Å². The van der Waals surface area contributed by atoms with Gasteiger partial charge in [0.15, 0.2) is 0 Å². The van der Waals surface area contributed by atoms with Crippen molar-refractivity contribution in [3.05, 3.63) is 166 Å². The standard InChI is InChI=1S/C51H50N4O6/c1-5-58-49(56)40(35-52)33-37-11-19-44(20-12-37)54(3)29-31-60-46-23-15-42(16-24-46)51(28-27-39-9-7-8-10-48(39)51)43-17-25-47(26-18-43)61-32-30-55(4)45-21-13-38(14-22-45)34-41(36-53)50(57)59-6-2/h7-26,33-34H,5-6,27-32H2,1-4H3/b40-33+,41-34+. The second kappa shape index (κ2) is 20.6. The highest BCUT2D eigenvalue weighted by Crippen LogP contribution is 2.49. The van der Waals surface area contributed by atoms with Gasteiger partial charge in [0.1, 0.15) is 48.0 Å². The largest absolute Gasteiger partial charge is 0.492 e. The molecule has 10 heteroatoms. The number of benzene rings is 5. The van der Waals surface area contributed by atoms with Gasteiger partial charge in [0.25, 0.3) is 0 Å². The smallest absolute Gasteiger partial charge is 0.348 e. The average molecular weight is 815 g/mol. The van der Waals surface area contributed by atoms with Crippen LogP contribution < -0.4 is 19.3 Å². The lowest BCUT2D eigenvalue weighted by molar-refractivity contribution is -0.138. The summed E-state index contributed by atoms with van der Waals surface area (Å²) in [5, 5.41) is 18.7. The number of likely N-dealkylation sites (N-methyl/N-ethyl adjacent to an activating group) is 2. The molecule has 0 aromatic heterocycles. The van der Waals surface area contributed by atoms with Crippen LogP contribution in [0.1, 0.15) is 53.6 Å². The lowest BCUT2D eigenvalue weighted by Crippen LogP contribution is -2.26. The molecule has 0 saturated heterocycles. The average Bonchev–Trinajstić information content (AvgIpc) is 3.68. The number of rotatable bonds is 18. The van der Waals surface area contributed by atoms with Gasteiger partial charge in [-0.25, -0.2) is 9.59 Å². The molecule has 0 spiro atoms. The predicted molar refractivity (Wildman–Crippen MR) is 238 cm³/mol. The summed E-state index contributed by atoms with van der Waals surface area (Å²) >= 11 is 0. The van der Waals surface area contributed by atoms with Crippen LogP contribution in [0.2, 0.25) is 0 Å². The summed E-state index contributed by atoms with van der Waals surface area (Å²) < 4.78 is 22.3. The van der Waals surface area contributed by atoms with Crippen molar-refractivity contribution in [3.8, 4) is 23.6 Å². The molecule has 0 amide bonds. The van der Waals surface area contributed by atoms with Crippen LogP contribution in [-0.2, 0) is 30.9 Å². The molecule has 1 aliphatic carbocycles. The number of ether oxygens (including phenoxy) is 4. The number of anilines is 2. The van der Waals surface area contributed by atoms with Crippen LogP contribution in [0.3, 0.4) is 0 Å². The lowest BCUT2D eigenvalue weighted by atomic mass is 9.70. The Morgan fingerprint density at radius 2 is 1.05 bits per heavy atom. The topological polar surface area (TPSA) is 125 Å². The van der Waals surface area contributed by atoms with E-state index in [2.05, 4.69) is 82.6 Å². The highest BCUT2D eigenvalue weighted by atomic mass is 16.5. The molecule has 0 heterocycles. The van der Waals surface area contributed by atoms with Crippen LogP contribution in [-0.4, -0.2) is 65.6 Å². The number of aryl methyl sites for hydroxylation is 1. The van der Waals surface area contributed by atoms with Gasteiger partial charge in [-0.05, 0) is 121 Å². The van der Waals surface area contributed by atoms with E-state index in [9.17, 15) is 20.1 Å². The molecule has 0 bridgehead atoms. The van der Waals surface area contributed by atoms with Crippen molar-refractivity contribution in [1.82, 2.24) is 0 Å².